The summed E-state index contributed by atoms with van der Waals surface area (Å²) in [5.74, 6) is 2.24. The van der Waals surface area contributed by atoms with Gasteiger partial charge >= 0.3 is 0 Å². The van der Waals surface area contributed by atoms with Crippen LogP contribution in [0.1, 0.15) is 18.1 Å². The van der Waals surface area contributed by atoms with E-state index >= 15 is 0 Å². The van der Waals surface area contributed by atoms with Gasteiger partial charge in [0, 0.05) is 37.9 Å². The van der Waals surface area contributed by atoms with Gasteiger partial charge in [-0.2, -0.15) is 5.10 Å². The summed E-state index contributed by atoms with van der Waals surface area (Å²) in [5, 5.41) is 10.7. The first kappa shape index (κ1) is 20.1. The average Bonchev–Trinajstić information content (AvgIpc) is 3.10. The van der Waals surface area contributed by atoms with Crippen molar-refractivity contribution in [1.29, 1.82) is 0 Å². The second kappa shape index (κ2) is 9.05. The smallest absolute Gasteiger partial charge is 0.158 e. The van der Waals surface area contributed by atoms with E-state index in [-0.39, 0.29) is 0 Å². The van der Waals surface area contributed by atoms with E-state index in [1.165, 1.54) is 0 Å². The molecule has 2 N–H and O–H groups in total. The second-order valence-corrected chi connectivity index (χ2v) is 6.66. The Labute approximate surface area is 170 Å². The quantitative estimate of drug-likeness (QED) is 0.360. The number of hydrogen-bond acceptors (Lipinski definition) is 6. The van der Waals surface area contributed by atoms with E-state index in [4.69, 9.17) is 4.74 Å². The lowest BCUT2D eigenvalue weighted by Gasteiger charge is -2.13. The molecular formula is C22H26N6O. The monoisotopic (exact) mass is 390 g/mol. The summed E-state index contributed by atoms with van der Waals surface area (Å²) >= 11 is 0. The zero-order valence-electron chi connectivity index (χ0n) is 17.4. The summed E-state index contributed by atoms with van der Waals surface area (Å²) in [6.07, 6.45) is 8.94. The van der Waals surface area contributed by atoms with Crippen molar-refractivity contribution in [3.05, 3.63) is 71.5 Å². The van der Waals surface area contributed by atoms with Crippen LogP contribution in [0.3, 0.4) is 0 Å². The van der Waals surface area contributed by atoms with Crippen molar-refractivity contribution in [3.8, 4) is 5.75 Å². The number of aliphatic imine (C=N–C) groups is 1. The molecule has 1 aromatic carbocycles. The first-order chi connectivity index (χ1) is 14.0. The molecule has 150 valence electrons. The topological polar surface area (TPSA) is 75.8 Å². The maximum Gasteiger partial charge on any atom is 0.158 e. The molecule has 29 heavy (non-hydrogen) atoms. The molecule has 3 aromatic rings. The molecule has 2 heterocycles. The van der Waals surface area contributed by atoms with E-state index < -0.39 is 0 Å². The molecule has 0 saturated heterocycles. The fourth-order valence-corrected chi connectivity index (χ4v) is 2.85. The van der Waals surface area contributed by atoms with Crippen LogP contribution in [0, 0.1) is 13.8 Å². The molecule has 0 spiro atoms. The molecule has 0 amide bonds. The number of benzene rings is 1. The predicted octanol–water partition coefficient (Wildman–Crippen LogP) is 4.18. The van der Waals surface area contributed by atoms with Crippen LogP contribution in [0.5, 0.6) is 5.75 Å². The van der Waals surface area contributed by atoms with Crippen LogP contribution in [0.25, 0.3) is 5.52 Å². The molecule has 0 bridgehead atoms. The third kappa shape index (κ3) is 4.82. The Morgan fingerprint density at radius 1 is 1.21 bits per heavy atom. The number of hydrogen-bond donors (Lipinski definition) is 2. The van der Waals surface area contributed by atoms with Crippen LogP contribution in [-0.4, -0.2) is 34.9 Å². The van der Waals surface area contributed by atoms with E-state index in [1.807, 2.05) is 74.9 Å². The van der Waals surface area contributed by atoms with Gasteiger partial charge in [-0.1, -0.05) is 0 Å². The lowest BCUT2D eigenvalue weighted by Crippen LogP contribution is -2.04. The molecule has 0 aliphatic heterocycles. The number of aryl methyl sites for hydroxylation is 2. The Hall–Kier alpha value is -3.61. The van der Waals surface area contributed by atoms with E-state index in [1.54, 1.807) is 19.6 Å². The van der Waals surface area contributed by atoms with Crippen molar-refractivity contribution in [2.24, 2.45) is 4.99 Å². The average molecular weight is 390 g/mol. The number of aromatic nitrogens is 3. The van der Waals surface area contributed by atoms with Gasteiger partial charge in [0.25, 0.3) is 0 Å². The minimum absolute atomic E-state index is 0.701. The molecule has 7 nitrogen and oxygen atoms in total. The number of nitrogens with one attached hydrogen (secondary N) is 2. The van der Waals surface area contributed by atoms with Crippen molar-refractivity contribution >= 4 is 23.2 Å². The van der Waals surface area contributed by atoms with Crippen LogP contribution >= 0.6 is 0 Å². The molecule has 0 atom stereocenters. The molecule has 7 heteroatoms. The number of fused-ring (bicyclic) bond motifs is 1. The Kier molecular flexibility index (Phi) is 6.29. The van der Waals surface area contributed by atoms with Crippen LogP contribution < -0.4 is 15.4 Å². The molecule has 0 saturated carbocycles. The standard InChI is InChI=1S/C22H26N6O/c1-15-9-11-28-21(15)22(25-14-26-28)27-18-6-7-20(16(2)12-18)29-19(8-10-23-4)13-17(3)24-5/h6-14,24H,1-5H3,(H,25,26,27)/b17-13+,19-8+,23-10?. The SMILES string of the molecule is CN=C/C=C(\C=C(/C)NC)Oc1ccc(Nc2ncnn3ccc(C)c23)cc1C. The highest BCUT2D eigenvalue weighted by molar-refractivity contribution is 5.76. The summed E-state index contributed by atoms with van der Waals surface area (Å²) in [5.41, 5.74) is 5.00. The predicted molar refractivity (Wildman–Crippen MR) is 118 cm³/mol. The summed E-state index contributed by atoms with van der Waals surface area (Å²) in [6.45, 7) is 6.03. The third-order valence-corrected chi connectivity index (χ3v) is 4.46. The molecule has 0 aliphatic rings. The maximum absolute atomic E-state index is 6.10. The Balaban J connectivity index is 1.85. The van der Waals surface area contributed by atoms with Crippen LogP contribution in [-0.2, 0) is 0 Å². The molecule has 3 rings (SSSR count). The summed E-state index contributed by atoms with van der Waals surface area (Å²) < 4.78 is 7.92. The van der Waals surface area contributed by atoms with E-state index in [0.29, 0.717) is 5.76 Å². The Bertz CT molecular complexity index is 1090. The number of allylic oxidation sites excluding steroid dienone is 3. The zero-order valence-corrected chi connectivity index (χ0v) is 17.4. The van der Waals surface area contributed by atoms with Crippen molar-refractivity contribution in [1.82, 2.24) is 19.9 Å². The van der Waals surface area contributed by atoms with Gasteiger partial charge in [-0.15, -0.1) is 0 Å². The molecular weight excluding hydrogens is 364 g/mol. The van der Waals surface area contributed by atoms with Gasteiger partial charge in [-0.25, -0.2) is 9.50 Å². The molecule has 0 unspecified atom stereocenters. The summed E-state index contributed by atoms with van der Waals surface area (Å²) in [4.78, 5) is 8.40. The fraction of sp³-hybridized carbons (Fsp3) is 0.227. The molecule has 2 aromatic heterocycles. The number of rotatable bonds is 7. The minimum Gasteiger partial charge on any atom is -0.457 e. The number of anilines is 2. The van der Waals surface area contributed by atoms with Gasteiger partial charge in [-0.3, -0.25) is 4.99 Å². The summed E-state index contributed by atoms with van der Waals surface area (Å²) in [7, 11) is 3.60. The van der Waals surface area contributed by atoms with Gasteiger partial charge in [0.1, 0.15) is 23.4 Å². The van der Waals surface area contributed by atoms with Crippen molar-refractivity contribution < 1.29 is 4.74 Å². The molecule has 0 fully saturated rings. The highest BCUT2D eigenvalue weighted by Crippen LogP contribution is 2.27. The van der Waals surface area contributed by atoms with E-state index in [2.05, 4.69) is 25.7 Å². The zero-order chi connectivity index (χ0) is 20.8. The van der Waals surface area contributed by atoms with Crippen molar-refractivity contribution in [3.63, 3.8) is 0 Å². The first-order valence-electron chi connectivity index (χ1n) is 9.34. The number of ether oxygens (including phenoxy) is 1. The molecule has 0 radical (unpaired) electrons. The van der Waals surface area contributed by atoms with Crippen molar-refractivity contribution in [2.75, 3.05) is 19.4 Å². The highest BCUT2D eigenvalue weighted by Gasteiger charge is 2.09. The van der Waals surface area contributed by atoms with Crippen molar-refractivity contribution in [2.45, 2.75) is 20.8 Å². The van der Waals surface area contributed by atoms with Crippen LogP contribution in [0.2, 0.25) is 0 Å². The lowest BCUT2D eigenvalue weighted by atomic mass is 10.2. The van der Waals surface area contributed by atoms with Gasteiger partial charge in [-0.05, 0) is 68.3 Å². The second-order valence-electron chi connectivity index (χ2n) is 6.66. The number of nitrogens with zero attached hydrogens (tertiary/aromatic N) is 4. The Morgan fingerprint density at radius 3 is 2.76 bits per heavy atom. The normalized spacial score (nSPS) is 12.6. The van der Waals surface area contributed by atoms with Gasteiger partial charge < -0.3 is 15.4 Å². The lowest BCUT2D eigenvalue weighted by molar-refractivity contribution is 0.441. The van der Waals surface area contributed by atoms with Gasteiger partial charge in [0.15, 0.2) is 5.82 Å². The van der Waals surface area contributed by atoms with E-state index in [9.17, 15) is 0 Å². The first-order valence-corrected chi connectivity index (χ1v) is 9.34. The van der Waals surface area contributed by atoms with Crippen LogP contribution in [0.15, 0.2) is 65.4 Å². The highest BCUT2D eigenvalue weighted by atomic mass is 16.5. The largest absolute Gasteiger partial charge is 0.457 e. The minimum atomic E-state index is 0.701. The third-order valence-electron chi connectivity index (χ3n) is 4.46. The molecule has 0 aliphatic carbocycles. The summed E-state index contributed by atoms with van der Waals surface area (Å²) in [6, 6.07) is 7.97. The maximum atomic E-state index is 6.10. The fourth-order valence-electron chi connectivity index (χ4n) is 2.85. The Morgan fingerprint density at radius 2 is 2.03 bits per heavy atom. The van der Waals surface area contributed by atoms with Gasteiger partial charge in [0.2, 0.25) is 0 Å². The van der Waals surface area contributed by atoms with E-state index in [0.717, 1.165) is 39.6 Å². The van der Waals surface area contributed by atoms with Crippen LogP contribution in [0.4, 0.5) is 11.5 Å². The van der Waals surface area contributed by atoms with Gasteiger partial charge in [0.05, 0.1) is 0 Å².